The molecule has 3 aromatic rings. The van der Waals surface area contributed by atoms with Crippen LogP contribution in [0.15, 0.2) is 36.4 Å². The molecule has 31 heavy (non-hydrogen) atoms. The van der Waals surface area contributed by atoms with E-state index in [1.54, 1.807) is 18.4 Å². The number of nitrogens with zero attached hydrogens (tertiary/aromatic N) is 1. The lowest BCUT2D eigenvalue weighted by Crippen LogP contribution is -2.36. The number of benzene rings is 2. The predicted molar refractivity (Wildman–Crippen MR) is 120 cm³/mol. The first-order chi connectivity index (χ1) is 15.2. The van der Waals surface area contributed by atoms with E-state index in [-0.39, 0.29) is 18.6 Å². The molecule has 2 N–H and O–H groups in total. The van der Waals surface area contributed by atoms with Gasteiger partial charge in [0.25, 0.3) is 11.1 Å². The van der Waals surface area contributed by atoms with Crippen LogP contribution in [0.3, 0.4) is 0 Å². The van der Waals surface area contributed by atoms with Gasteiger partial charge < -0.3 is 24.8 Å². The maximum atomic E-state index is 11.5. The number of carbonyl (C=O) groups is 1. The number of hydrogen-bond acceptors (Lipinski definition) is 7. The summed E-state index contributed by atoms with van der Waals surface area (Å²) in [5.41, 5.74) is 2.75. The number of para-hydroxylation sites is 1. The Morgan fingerprint density at radius 2 is 2.10 bits per heavy atom. The van der Waals surface area contributed by atoms with Crippen molar-refractivity contribution in [3.05, 3.63) is 42.0 Å². The molecule has 2 aromatic carbocycles. The summed E-state index contributed by atoms with van der Waals surface area (Å²) in [5.74, 6) is 1.40. The summed E-state index contributed by atoms with van der Waals surface area (Å²) >= 11 is 1.57. The van der Waals surface area contributed by atoms with Crippen molar-refractivity contribution in [1.29, 1.82) is 0 Å². The first-order valence-electron chi connectivity index (χ1n) is 10.6. The number of rotatable bonds is 6. The van der Waals surface area contributed by atoms with Crippen LogP contribution >= 0.6 is 11.3 Å². The van der Waals surface area contributed by atoms with E-state index in [4.69, 9.17) is 14.2 Å². The highest BCUT2D eigenvalue weighted by Crippen LogP contribution is 2.35. The van der Waals surface area contributed by atoms with E-state index in [1.807, 2.05) is 36.4 Å². The molecule has 1 aliphatic heterocycles. The number of hydrogen-bond donors (Lipinski definition) is 2. The van der Waals surface area contributed by atoms with E-state index < -0.39 is 0 Å². The fourth-order valence-electron chi connectivity index (χ4n) is 4.15. The number of aromatic nitrogens is 1. The van der Waals surface area contributed by atoms with Crippen molar-refractivity contribution < 1.29 is 19.0 Å². The summed E-state index contributed by atoms with van der Waals surface area (Å²) in [6.07, 6.45) is 4.31. The number of methoxy groups -OCH3 is 1. The third-order valence-electron chi connectivity index (χ3n) is 5.80. The Morgan fingerprint density at radius 3 is 2.94 bits per heavy atom. The van der Waals surface area contributed by atoms with Crippen LogP contribution in [0, 0.1) is 0 Å². The van der Waals surface area contributed by atoms with Crippen LogP contribution in [0.4, 0.5) is 5.69 Å². The van der Waals surface area contributed by atoms with Crippen molar-refractivity contribution >= 4 is 33.1 Å². The standard InChI is InChI=1S/C23H25N3O4S/c1-28-19-3-2-4-20-22(19)26-23(31-20)30-16-8-6-15(7-9-16)24-12-14-5-10-18-17(11-14)25-21(27)13-29-18/h2-5,10-11,15-16,24H,6-9,12-13H2,1H3,(H,25,27)/t15-,16-. The number of nitrogens with one attached hydrogen (secondary N) is 2. The van der Waals surface area contributed by atoms with Crippen LogP contribution in [0.5, 0.6) is 16.7 Å². The zero-order valence-corrected chi connectivity index (χ0v) is 18.2. The highest BCUT2D eigenvalue weighted by Gasteiger charge is 2.24. The molecule has 7 nitrogen and oxygen atoms in total. The Labute approximate surface area is 184 Å². The minimum atomic E-state index is -0.109. The van der Waals surface area contributed by atoms with Crippen LogP contribution in [0.25, 0.3) is 10.2 Å². The van der Waals surface area contributed by atoms with E-state index in [0.29, 0.717) is 11.2 Å². The zero-order valence-electron chi connectivity index (χ0n) is 17.3. The Kier molecular flexibility index (Phi) is 5.65. The van der Waals surface area contributed by atoms with E-state index in [1.165, 1.54) is 0 Å². The fourth-order valence-corrected chi connectivity index (χ4v) is 5.05. The molecule has 162 valence electrons. The van der Waals surface area contributed by atoms with Crippen LogP contribution in [0.2, 0.25) is 0 Å². The molecule has 8 heteroatoms. The monoisotopic (exact) mass is 439 g/mol. The van der Waals surface area contributed by atoms with Gasteiger partial charge in [0.2, 0.25) is 0 Å². The third kappa shape index (κ3) is 4.45. The molecule has 2 aliphatic rings. The van der Waals surface area contributed by atoms with Crippen LogP contribution in [-0.2, 0) is 11.3 Å². The molecule has 1 aliphatic carbocycles. The van der Waals surface area contributed by atoms with Gasteiger partial charge in [0.05, 0.1) is 17.5 Å². The highest BCUT2D eigenvalue weighted by molar-refractivity contribution is 7.20. The van der Waals surface area contributed by atoms with E-state index in [0.717, 1.165) is 65.2 Å². The largest absolute Gasteiger partial charge is 0.494 e. The molecule has 0 unspecified atom stereocenters. The second-order valence-electron chi connectivity index (χ2n) is 7.93. The molecule has 2 heterocycles. The summed E-state index contributed by atoms with van der Waals surface area (Å²) in [5, 5.41) is 7.22. The lowest BCUT2D eigenvalue weighted by Gasteiger charge is -2.29. The van der Waals surface area contributed by atoms with E-state index >= 15 is 0 Å². The van der Waals surface area contributed by atoms with Gasteiger partial charge >= 0.3 is 0 Å². The molecule has 0 radical (unpaired) electrons. The van der Waals surface area contributed by atoms with Gasteiger partial charge in [0.15, 0.2) is 6.61 Å². The van der Waals surface area contributed by atoms with Crippen molar-refractivity contribution in [2.75, 3.05) is 19.0 Å². The molecule has 5 rings (SSSR count). The first kappa shape index (κ1) is 20.1. The van der Waals surface area contributed by atoms with E-state index in [2.05, 4.69) is 15.6 Å². The molecular weight excluding hydrogens is 414 g/mol. The van der Waals surface area contributed by atoms with Crippen molar-refractivity contribution in [3.8, 4) is 16.7 Å². The van der Waals surface area contributed by atoms with Crippen molar-refractivity contribution in [1.82, 2.24) is 10.3 Å². The molecule has 1 aromatic heterocycles. The van der Waals surface area contributed by atoms with Crippen LogP contribution in [0.1, 0.15) is 31.2 Å². The van der Waals surface area contributed by atoms with E-state index in [9.17, 15) is 4.79 Å². The normalized spacial score (nSPS) is 20.6. The van der Waals surface area contributed by atoms with Crippen molar-refractivity contribution in [2.45, 2.75) is 44.4 Å². The molecule has 0 atom stereocenters. The Hall–Kier alpha value is -2.84. The average molecular weight is 440 g/mol. The predicted octanol–water partition coefficient (Wildman–Crippen LogP) is 4.12. The average Bonchev–Trinajstić information content (AvgIpc) is 3.21. The number of thiazole rings is 1. The smallest absolute Gasteiger partial charge is 0.274 e. The van der Waals surface area contributed by atoms with Gasteiger partial charge in [-0.1, -0.05) is 23.5 Å². The van der Waals surface area contributed by atoms with Gasteiger partial charge in [-0.25, -0.2) is 0 Å². The van der Waals surface area contributed by atoms with Gasteiger partial charge in [-0.3, -0.25) is 4.79 Å². The van der Waals surface area contributed by atoms with Gasteiger partial charge in [0, 0.05) is 12.6 Å². The summed E-state index contributed by atoms with van der Waals surface area (Å²) in [6, 6.07) is 12.3. The van der Waals surface area contributed by atoms with Crippen molar-refractivity contribution in [3.63, 3.8) is 0 Å². The molecule has 0 saturated heterocycles. The Balaban J connectivity index is 1.13. The first-order valence-corrected chi connectivity index (χ1v) is 11.4. The Bertz CT molecular complexity index is 1090. The summed E-state index contributed by atoms with van der Waals surface area (Å²) in [7, 11) is 1.66. The molecule has 1 saturated carbocycles. The second kappa shape index (κ2) is 8.72. The zero-order chi connectivity index (χ0) is 21.2. The minimum Gasteiger partial charge on any atom is -0.494 e. The molecule has 1 amide bonds. The lowest BCUT2D eigenvalue weighted by molar-refractivity contribution is -0.118. The third-order valence-corrected chi connectivity index (χ3v) is 6.71. The summed E-state index contributed by atoms with van der Waals surface area (Å²) in [4.78, 5) is 16.1. The molecular formula is C23H25N3O4S. The number of amides is 1. The van der Waals surface area contributed by atoms with Crippen LogP contribution in [-0.4, -0.2) is 36.8 Å². The summed E-state index contributed by atoms with van der Waals surface area (Å²) in [6.45, 7) is 0.845. The fraction of sp³-hybridized carbons (Fsp3) is 0.391. The van der Waals surface area contributed by atoms with Gasteiger partial charge in [0.1, 0.15) is 23.1 Å². The topological polar surface area (TPSA) is 81.7 Å². The van der Waals surface area contributed by atoms with Crippen LogP contribution < -0.4 is 24.8 Å². The van der Waals surface area contributed by atoms with Gasteiger partial charge in [-0.05, 0) is 55.5 Å². The molecule has 0 bridgehead atoms. The Morgan fingerprint density at radius 1 is 1.23 bits per heavy atom. The second-order valence-corrected chi connectivity index (χ2v) is 8.92. The minimum absolute atomic E-state index is 0.0838. The highest BCUT2D eigenvalue weighted by atomic mass is 32.1. The molecule has 0 spiro atoms. The van der Waals surface area contributed by atoms with Crippen molar-refractivity contribution in [2.24, 2.45) is 0 Å². The number of ether oxygens (including phenoxy) is 3. The lowest BCUT2D eigenvalue weighted by atomic mass is 9.93. The summed E-state index contributed by atoms with van der Waals surface area (Å²) < 4.78 is 18.1. The SMILES string of the molecule is COc1cccc2sc(O[C@H]3CC[C@H](NCc4ccc5c(c4)NC(=O)CO5)CC3)nc12. The quantitative estimate of drug-likeness (QED) is 0.601. The van der Waals surface area contributed by atoms with Gasteiger partial charge in [-0.2, -0.15) is 4.98 Å². The maximum Gasteiger partial charge on any atom is 0.274 e. The number of fused-ring (bicyclic) bond motifs is 2. The number of anilines is 1. The molecule has 1 fully saturated rings. The number of carbonyl (C=O) groups excluding carboxylic acids is 1. The van der Waals surface area contributed by atoms with Gasteiger partial charge in [-0.15, -0.1) is 0 Å². The maximum absolute atomic E-state index is 11.5.